The largest absolute Gasteiger partial charge is 0.505 e. The van der Waals surface area contributed by atoms with E-state index in [0.29, 0.717) is 12.1 Å². The summed E-state index contributed by atoms with van der Waals surface area (Å²) < 4.78 is 6.56. The van der Waals surface area contributed by atoms with Gasteiger partial charge in [0.05, 0.1) is 12.8 Å². The fourth-order valence-corrected chi connectivity index (χ4v) is 2.80. The summed E-state index contributed by atoms with van der Waals surface area (Å²) in [6, 6.07) is 9.56. The molecule has 0 amide bonds. The van der Waals surface area contributed by atoms with Gasteiger partial charge in [-0.2, -0.15) is 9.90 Å². The average molecular weight is 371 g/mol. The van der Waals surface area contributed by atoms with Crippen LogP contribution >= 0.6 is 0 Å². The van der Waals surface area contributed by atoms with Gasteiger partial charge in [-0.05, 0) is 42.5 Å². The summed E-state index contributed by atoms with van der Waals surface area (Å²) in [5, 5.41) is 15.6. The minimum absolute atomic E-state index is 0.186. The van der Waals surface area contributed by atoms with E-state index in [1.165, 1.54) is 7.11 Å². The number of ether oxygens (including phenoxy) is 1. The highest BCUT2D eigenvalue weighted by Crippen LogP contribution is 2.36. The summed E-state index contributed by atoms with van der Waals surface area (Å²) in [6.07, 6.45) is 2.67. The molecule has 0 spiro atoms. The predicted molar refractivity (Wildman–Crippen MR) is 106 cm³/mol. The van der Waals surface area contributed by atoms with E-state index in [-0.39, 0.29) is 23.6 Å². The molecule has 6 nitrogen and oxygen atoms in total. The summed E-state index contributed by atoms with van der Waals surface area (Å²) in [4.78, 5) is 13.2. The Morgan fingerprint density at radius 1 is 1.26 bits per heavy atom. The lowest BCUT2D eigenvalue weighted by molar-refractivity contribution is -0.140. The van der Waals surface area contributed by atoms with Crippen molar-refractivity contribution >= 4 is 5.97 Å². The van der Waals surface area contributed by atoms with Crippen molar-refractivity contribution < 1.29 is 14.6 Å². The van der Waals surface area contributed by atoms with Crippen LogP contribution in [0.1, 0.15) is 44.0 Å². The summed E-state index contributed by atoms with van der Waals surface area (Å²) in [6.45, 7) is 8.04. The Kier molecular flexibility index (Phi) is 6.31. The van der Waals surface area contributed by atoms with Gasteiger partial charge < -0.3 is 9.84 Å². The summed E-state index contributed by atoms with van der Waals surface area (Å²) in [5.41, 5.74) is 2.87. The normalized spacial score (nSPS) is 11.2. The molecule has 0 saturated carbocycles. The zero-order chi connectivity index (χ0) is 20.2. The standard InChI is InChI=1S/C21H29N3O3/c1-15-9-7-8-12-23(5)24(22-15)18-14-16(10-11-19(25)27-6)13-17(20(18)26)21(2,3)4/h7-9,12-14,26H,10-11H2,1-6H3. The maximum Gasteiger partial charge on any atom is 0.305 e. The predicted octanol–water partition coefficient (Wildman–Crippen LogP) is 3.75. The van der Waals surface area contributed by atoms with E-state index >= 15 is 0 Å². The Labute approximate surface area is 160 Å². The molecule has 1 N–H and O–H groups in total. The third-order valence-corrected chi connectivity index (χ3v) is 4.32. The van der Waals surface area contributed by atoms with E-state index < -0.39 is 0 Å². The maximum absolute atomic E-state index is 11.6. The Morgan fingerprint density at radius 3 is 2.59 bits per heavy atom. The van der Waals surface area contributed by atoms with Crippen LogP contribution in [0.5, 0.6) is 5.75 Å². The quantitative estimate of drug-likeness (QED) is 0.831. The number of methoxy groups -OCH3 is 1. The zero-order valence-corrected chi connectivity index (χ0v) is 17.0. The highest BCUT2D eigenvalue weighted by molar-refractivity contribution is 5.69. The number of aromatic hydroxyl groups is 1. The third-order valence-electron chi connectivity index (χ3n) is 4.32. The van der Waals surface area contributed by atoms with Gasteiger partial charge in [-0.1, -0.05) is 32.9 Å². The van der Waals surface area contributed by atoms with Crippen LogP contribution in [0.15, 0.2) is 36.5 Å². The molecule has 0 unspecified atom stereocenters. The summed E-state index contributed by atoms with van der Waals surface area (Å²) in [7, 11) is 3.25. The molecule has 2 aromatic rings. The molecule has 0 fully saturated rings. The number of phenolic OH excluding ortho intramolecular Hbond substituents is 1. The van der Waals surface area contributed by atoms with E-state index in [4.69, 9.17) is 4.74 Å². The molecule has 146 valence electrons. The SMILES string of the molecule is COC(=O)CCc1cc(-n2nc(C)ccccn2C)c(O)c(C(C)(C)C)c1. The van der Waals surface area contributed by atoms with Gasteiger partial charge in [-0.3, -0.25) is 9.48 Å². The van der Waals surface area contributed by atoms with Gasteiger partial charge in [0.1, 0.15) is 11.4 Å². The van der Waals surface area contributed by atoms with Crippen LogP contribution in [0.2, 0.25) is 0 Å². The van der Waals surface area contributed by atoms with Crippen molar-refractivity contribution in [1.82, 2.24) is 14.6 Å². The van der Waals surface area contributed by atoms with E-state index in [9.17, 15) is 9.90 Å². The first-order valence-corrected chi connectivity index (χ1v) is 8.99. The fraction of sp³-hybridized carbons (Fsp3) is 0.429. The van der Waals surface area contributed by atoms with Gasteiger partial charge in [0, 0.05) is 25.2 Å². The molecule has 2 rings (SSSR count). The molecule has 27 heavy (non-hydrogen) atoms. The highest BCUT2D eigenvalue weighted by atomic mass is 16.5. The molecule has 1 heterocycles. The second kappa shape index (κ2) is 8.29. The first kappa shape index (κ1) is 20.6. The number of rotatable bonds is 4. The summed E-state index contributed by atoms with van der Waals surface area (Å²) >= 11 is 0. The van der Waals surface area contributed by atoms with Gasteiger partial charge in [0.25, 0.3) is 0 Å². The number of phenols is 1. The van der Waals surface area contributed by atoms with E-state index in [2.05, 4.69) is 5.10 Å². The van der Waals surface area contributed by atoms with E-state index in [1.807, 2.05) is 71.3 Å². The second-order valence-electron chi connectivity index (χ2n) is 7.64. The Bertz CT molecular complexity index is 871. The molecule has 0 bridgehead atoms. The Morgan fingerprint density at radius 2 is 1.96 bits per heavy atom. The van der Waals surface area contributed by atoms with Crippen molar-refractivity contribution in [1.29, 1.82) is 0 Å². The van der Waals surface area contributed by atoms with Crippen LogP contribution in [0.4, 0.5) is 0 Å². The molecule has 0 aliphatic carbocycles. The zero-order valence-electron chi connectivity index (χ0n) is 17.0. The molecular weight excluding hydrogens is 342 g/mol. The van der Waals surface area contributed by atoms with Gasteiger partial charge in [-0.25, -0.2) is 0 Å². The van der Waals surface area contributed by atoms with Crippen molar-refractivity contribution in [3.8, 4) is 11.4 Å². The van der Waals surface area contributed by atoms with Crippen molar-refractivity contribution in [2.24, 2.45) is 7.05 Å². The van der Waals surface area contributed by atoms with Gasteiger partial charge in [-0.15, -0.1) is 0 Å². The van der Waals surface area contributed by atoms with E-state index in [0.717, 1.165) is 16.8 Å². The minimum Gasteiger partial charge on any atom is -0.505 e. The molecule has 0 aliphatic heterocycles. The number of carbonyl (C=O) groups excluding carboxylic acids is 1. The van der Waals surface area contributed by atoms with Crippen LogP contribution in [0.25, 0.3) is 5.69 Å². The maximum atomic E-state index is 11.6. The molecule has 1 aromatic heterocycles. The number of hydrogen-bond donors (Lipinski definition) is 1. The summed E-state index contributed by atoms with van der Waals surface area (Å²) in [5.74, 6) is -0.0714. The lowest BCUT2D eigenvalue weighted by Gasteiger charge is -2.24. The number of nitrogens with zero attached hydrogens (tertiary/aromatic N) is 3. The topological polar surface area (TPSA) is 69.3 Å². The van der Waals surface area contributed by atoms with Crippen molar-refractivity contribution in [2.75, 3.05) is 7.11 Å². The molecule has 6 heteroatoms. The fourth-order valence-electron chi connectivity index (χ4n) is 2.80. The smallest absolute Gasteiger partial charge is 0.305 e. The number of aryl methyl sites for hydroxylation is 3. The first-order chi connectivity index (χ1) is 12.6. The van der Waals surface area contributed by atoms with Crippen LogP contribution in [0, 0.1) is 6.92 Å². The number of aromatic nitrogens is 3. The number of benzene rings is 1. The molecule has 0 saturated heterocycles. The number of hydrogen-bond acceptors (Lipinski definition) is 4. The van der Waals surface area contributed by atoms with Gasteiger partial charge in [0.2, 0.25) is 0 Å². The van der Waals surface area contributed by atoms with Crippen molar-refractivity contribution in [2.45, 2.75) is 46.0 Å². The first-order valence-electron chi connectivity index (χ1n) is 8.99. The highest BCUT2D eigenvalue weighted by Gasteiger charge is 2.23. The Hall–Kier alpha value is -2.76. The van der Waals surface area contributed by atoms with Gasteiger partial charge in [0.15, 0.2) is 0 Å². The Balaban J connectivity index is 2.71. The monoisotopic (exact) mass is 371 g/mol. The molecule has 0 radical (unpaired) electrons. The van der Waals surface area contributed by atoms with Crippen molar-refractivity contribution in [3.63, 3.8) is 0 Å². The molecule has 0 aliphatic rings. The van der Waals surface area contributed by atoms with Crippen LogP contribution in [0.3, 0.4) is 0 Å². The van der Waals surface area contributed by atoms with Crippen LogP contribution in [-0.4, -0.2) is 32.8 Å². The molecular formula is C21H29N3O3. The third kappa shape index (κ3) is 5.12. The lowest BCUT2D eigenvalue weighted by atomic mass is 9.84. The van der Waals surface area contributed by atoms with Crippen molar-refractivity contribution in [3.05, 3.63) is 53.3 Å². The van der Waals surface area contributed by atoms with Crippen LogP contribution in [-0.2, 0) is 28.4 Å². The van der Waals surface area contributed by atoms with E-state index in [1.54, 1.807) is 9.48 Å². The average Bonchev–Trinajstić information content (AvgIpc) is 2.59. The van der Waals surface area contributed by atoms with Gasteiger partial charge >= 0.3 is 5.97 Å². The second-order valence-corrected chi connectivity index (χ2v) is 7.64. The number of esters is 1. The van der Waals surface area contributed by atoms with Crippen LogP contribution < -0.4 is 0 Å². The molecule has 0 atom stereocenters. The number of carbonyl (C=O) groups is 1. The lowest BCUT2D eigenvalue weighted by Crippen LogP contribution is -2.18. The molecule has 1 aromatic carbocycles. The minimum atomic E-state index is -0.268.